The van der Waals surface area contributed by atoms with E-state index in [0.717, 1.165) is 0 Å². The zero-order chi connectivity index (χ0) is 20.4. The number of hydrogen-bond acceptors (Lipinski definition) is 4. The monoisotopic (exact) mass is 396 g/mol. The van der Waals surface area contributed by atoms with E-state index in [4.69, 9.17) is 0 Å². The van der Waals surface area contributed by atoms with Crippen LogP contribution < -0.4 is 0 Å². The van der Waals surface area contributed by atoms with Crippen LogP contribution in [0.1, 0.15) is 43.1 Å². The average molecular weight is 397 g/mol. The molecule has 1 fully saturated rings. The van der Waals surface area contributed by atoms with Crippen molar-refractivity contribution >= 4 is 21.9 Å². The predicted molar refractivity (Wildman–Crippen MR) is 102 cm³/mol. The second kappa shape index (κ2) is 8.39. The van der Waals surface area contributed by atoms with Gasteiger partial charge in [0.1, 0.15) is 0 Å². The van der Waals surface area contributed by atoms with Crippen molar-refractivity contribution in [2.75, 3.05) is 26.2 Å². The molecule has 1 saturated heterocycles. The molecule has 1 aliphatic rings. The lowest BCUT2D eigenvalue weighted by Crippen LogP contribution is -2.45. The number of nitrogens with zero attached hydrogens (tertiary/aromatic N) is 2. The van der Waals surface area contributed by atoms with Crippen molar-refractivity contribution in [3.63, 3.8) is 0 Å². The third-order valence-electron chi connectivity index (χ3n) is 5.08. The molecule has 0 aliphatic carbocycles. The summed E-state index contributed by atoms with van der Waals surface area (Å²) in [5, 5.41) is 9.32. The quantitative estimate of drug-likeness (QED) is 0.795. The van der Waals surface area contributed by atoms with Crippen molar-refractivity contribution in [3.8, 4) is 0 Å². The minimum atomic E-state index is -3.67. The highest BCUT2D eigenvalue weighted by molar-refractivity contribution is 7.89. The van der Waals surface area contributed by atoms with Gasteiger partial charge in [-0.3, -0.25) is 9.59 Å². The fourth-order valence-corrected chi connectivity index (χ4v) is 5.06. The largest absolute Gasteiger partial charge is 0.481 e. The summed E-state index contributed by atoms with van der Waals surface area (Å²) in [6.07, 6.45) is 0.536. The van der Waals surface area contributed by atoms with Crippen molar-refractivity contribution < 1.29 is 23.1 Å². The number of rotatable bonds is 6. The van der Waals surface area contributed by atoms with Gasteiger partial charge in [0.05, 0.1) is 10.8 Å². The van der Waals surface area contributed by atoms with Gasteiger partial charge in [-0.15, -0.1) is 0 Å². The Balaban J connectivity index is 2.38. The van der Waals surface area contributed by atoms with E-state index in [9.17, 15) is 23.1 Å². The van der Waals surface area contributed by atoms with E-state index < -0.39 is 21.9 Å². The lowest BCUT2D eigenvalue weighted by atomic mass is 9.90. The Kier molecular flexibility index (Phi) is 6.64. The Morgan fingerprint density at radius 2 is 1.85 bits per heavy atom. The number of aliphatic carboxylic acids is 1. The van der Waals surface area contributed by atoms with Gasteiger partial charge >= 0.3 is 5.97 Å². The molecular weight excluding hydrogens is 368 g/mol. The SMILES string of the molecule is CCN(CC)S(=O)(=O)c1ccc(C)c(C(=O)N2CC(C)CC(C(=O)O)C2)c1. The number of amides is 1. The molecule has 0 spiro atoms. The van der Waals surface area contributed by atoms with E-state index in [1.165, 1.54) is 21.3 Å². The first kappa shape index (κ1) is 21.4. The molecule has 1 N–H and O–H groups in total. The highest BCUT2D eigenvalue weighted by Crippen LogP contribution is 2.26. The Bertz CT molecular complexity index is 817. The first-order valence-corrected chi connectivity index (χ1v) is 10.7. The maximum atomic E-state index is 13.0. The van der Waals surface area contributed by atoms with Crippen LogP contribution in [0.3, 0.4) is 0 Å². The van der Waals surface area contributed by atoms with Crippen LogP contribution in [0.5, 0.6) is 0 Å². The molecule has 1 heterocycles. The summed E-state index contributed by atoms with van der Waals surface area (Å²) in [5.41, 5.74) is 0.977. The average Bonchev–Trinajstić information content (AvgIpc) is 2.61. The van der Waals surface area contributed by atoms with E-state index in [1.54, 1.807) is 26.8 Å². The molecule has 1 aromatic carbocycles. The summed E-state index contributed by atoms with van der Waals surface area (Å²) in [6, 6.07) is 4.56. The number of hydrogen-bond donors (Lipinski definition) is 1. The van der Waals surface area contributed by atoms with Crippen molar-refractivity contribution in [2.24, 2.45) is 11.8 Å². The lowest BCUT2D eigenvalue weighted by molar-refractivity contribution is -0.143. The Hall–Kier alpha value is -1.93. The number of carboxylic acid groups (broad SMARTS) is 1. The van der Waals surface area contributed by atoms with Gasteiger partial charge in [0.2, 0.25) is 10.0 Å². The van der Waals surface area contributed by atoms with Gasteiger partial charge < -0.3 is 10.0 Å². The van der Waals surface area contributed by atoms with E-state index in [0.29, 0.717) is 37.2 Å². The zero-order valence-corrected chi connectivity index (χ0v) is 17.1. The van der Waals surface area contributed by atoms with Crippen LogP contribution in [0.25, 0.3) is 0 Å². The highest BCUT2D eigenvalue weighted by Gasteiger charge is 2.33. The van der Waals surface area contributed by atoms with Crippen LogP contribution in [-0.2, 0) is 14.8 Å². The lowest BCUT2D eigenvalue weighted by Gasteiger charge is -2.35. The molecular formula is C19H28N2O5S. The van der Waals surface area contributed by atoms with Crippen LogP contribution in [0, 0.1) is 18.8 Å². The number of aryl methyl sites for hydroxylation is 1. The molecule has 0 radical (unpaired) electrons. The van der Waals surface area contributed by atoms with Crippen molar-refractivity contribution in [1.29, 1.82) is 0 Å². The number of likely N-dealkylation sites (tertiary alicyclic amines) is 1. The first-order valence-electron chi connectivity index (χ1n) is 9.24. The second-order valence-corrected chi connectivity index (χ2v) is 9.09. The van der Waals surface area contributed by atoms with E-state index in [-0.39, 0.29) is 23.3 Å². The molecule has 1 amide bonds. The van der Waals surface area contributed by atoms with E-state index >= 15 is 0 Å². The van der Waals surface area contributed by atoms with Crippen LogP contribution in [0.15, 0.2) is 23.1 Å². The molecule has 0 bridgehead atoms. The molecule has 8 heteroatoms. The summed E-state index contributed by atoms with van der Waals surface area (Å²) in [7, 11) is -3.67. The molecule has 0 aromatic heterocycles. The highest BCUT2D eigenvalue weighted by atomic mass is 32.2. The van der Waals surface area contributed by atoms with Gasteiger partial charge in [-0.25, -0.2) is 8.42 Å². The minimum Gasteiger partial charge on any atom is -0.481 e. The van der Waals surface area contributed by atoms with Crippen molar-refractivity contribution in [1.82, 2.24) is 9.21 Å². The van der Waals surface area contributed by atoms with Crippen LogP contribution in [0.2, 0.25) is 0 Å². The van der Waals surface area contributed by atoms with E-state index in [2.05, 4.69) is 0 Å². The summed E-state index contributed by atoms with van der Waals surface area (Å²) in [5.74, 6) is -1.75. The first-order chi connectivity index (χ1) is 12.6. The number of sulfonamides is 1. The normalized spacial score (nSPS) is 20.7. The fraction of sp³-hybridized carbons (Fsp3) is 0.579. The molecule has 2 unspecified atom stereocenters. The van der Waals surface area contributed by atoms with E-state index in [1.807, 2.05) is 6.92 Å². The van der Waals surface area contributed by atoms with Gasteiger partial charge in [0.15, 0.2) is 0 Å². The summed E-state index contributed by atoms with van der Waals surface area (Å²) >= 11 is 0. The zero-order valence-electron chi connectivity index (χ0n) is 16.3. The van der Waals surface area contributed by atoms with Gasteiger partial charge in [-0.2, -0.15) is 4.31 Å². The standard InChI is InChI=1S/C19H28N2O5S/c1-5-21(6-2)27(25,26)16-8-7-14(4)17(10-16)18(22)20-11-13(3)9-15(12-20)19(23)24/h7-8,10,13,15H,5-6,9,11-12H2,1-4H3,(H,23,24). The molecule has 2 rings (SSSR count). The molecule has 7 nitrogen and oxygen atoms in total. The predicted octanol–water partition coefficient (Wildman–Crippen LogP) is 2.21. The van der Waals surface area contributed by atoms with Gasteiger partial charge in [0, 0.05) is 31.7 Å². The van der Waals surface area contributed by atoms with Gasteiger partial charge in [0.25, 0.3) is 5.91 Å². The van der Waals surface area contributed by atoms with Crippen molar-refractivity contribution in [2.45, 2.75) is 39.0 Å². The second-order valence-electron chi connectivity index (χ2n) is 7.15. The fourth-order valence-electron chi connectivity index (χ4n) is 3.57. The number of carbonyl (C=O) groups is 2. The summed E-state index contributed by atoms with van der Waals surface area (Å²) < 4.78 is 26.9. The Morgan fingerprint density at radius 1 is 1.22 bits per heavy atom. The molecule has 150 valence electrons. The summed E-state index contributed by atoms with van der Waals surface area (Å²) in [6.45, 7) is 8.51. The molecule has 1 aromatic rings. The number of piperidine rings is 1. The van der Waals surface area contributed by atoms with Crippen LogP contribution >= 0.6 is 0 Å². The van der Waals surface area contributed by atoms with Gasteiger partial charge in [-0.05, 0) is 37.0 Å². The summed E-state index contributed by atoms with van der Waals surface area (Å²) in [4.78, 5) is 26.0. The molecule has 1 aliphatic heterocycles. The number of carboxylic acids is 1. The number of benzene rings is 1. The molecule has 0 saturated carbocycles. The molecule has 27 heavy (non-hydrogen) atoms. The third kappa shape index (κ3) is 4.50. The minimum absolute atomic E-state index is 0.0756. The Labute approximate surface area is 161 Å². The van der Waals surface area contributed by atoms with Crippen LogP contribution in [-0.4, -0.2) is 60.8 Å². The van der Waals surface area contributed by atoms with Gasteiger partial charge in [-0.1, -0.05) is 26.8 Å². The van der Waals surface area contributed by atoms with Crippen LogP contribution in [0.4, 0.5) is 0 Å². The Morgan fingerprint density at radius 3 is 2.41 bits per heavy atom. The third-order valence-corrected chi connectivity index (χ3v) is 7.12. The van der Waals surface area contributed by atoms with Crippen molar-refractivity contribution in [3.05, 3.63) is 29.3 Å². The number of carbonyl (C=O) groups excluding carboxylic acids is 1. The maximum Gasteiger partial charge on any atom is 0.308 e. The molecule has 2 atom stereocenters. The maximum absolute atomic E-state index is 13.0. The topological polar surface area (TPSA) is 95.0 Å². The smallest absolute Gasteiger partial charge is 0.308 e.